The van der Waals surface area contributed by atoms with Gasteiger partial charge < -0.3 is 24.6 Å². The molecule has 0 radical (unpaired) electrons. The van der Waals surface area contributed by atoms with Gasteiger partial charge in [0.05, 0.1) is 12.7 Å². The van der Waals surface area contributed by atoms with Crippen LogP contribution in [0.2, 0.25) is 0 Å². The van der Waals surface area contributed by atoms with Gasteiger partial charge in [0, 0.05) is 75.8 Å². The zero-order valence-corrected chi connectivity index (χ0v) is 19.3. The molecule has 0 spiro atoms. The number of hydrogen-bond acceptors (Lipinski definition) is 7. The van der Waals surface area contributed by atoms with E-state index in [0.717, 1.165) is 5.71 Å². The summed E-state index contributed by atoms with van der Waals surface area (Å²) in [4.78, 5) is 41.3. The van der Waals surface area contributed by atoms with E-state index < -0.39 is 5.91 Å². The van der Waals surface area contributed by atoms with Crippen molar-refractivity contribution in [2.24, 2.45) is 10.9 Å². The van der Waals surface area contributed by atoms with Crippen LogP contribution in [0.25, 0.3) is 5.65 Å². The molecule has 1 fully saturated rings. The summed E-state index contributed by atoms with van der Waals surface area (Å²) in [6.07, 6.45) is 7.96. The number of hydrogen-bond donors (Lipinski definition) is 2. The maximum absolute atomic E-state index is 14.8. The number of fused-ring (bicyclic) bond motifs is 1. The highest BCUT2D eigenvalue weighted by molar-refractivity contribution is 5.95. The Balaban J connectivity index is 1.24. The van der Waals surface area contributed by atoms with Crippen molar-refractivity contribution >= 4 is 23.2 Å². The SMILES string of the molecule is CC(CO)CN=C1CCC(N2CCN(C(=O)CNC(=O)c3cn4ccncc4n3)CC2)=C(F)C1. The third-order valence-electron chi connectivity index (χ3n) is 6.17. The van der Waals surface area contributed by atoms with E-state index in [9.17, 15) is 14.0 Å². The van der Waals surface area contributed by atoms with Crippen molar-refractivity contribution in [1.82, 2.24) is 29.5 Å². The second kappa shape index (κ2) is 10.7. The Bertz CT molecular complexity index is 1070. The van der Waals surface area contributed by atoms with Gasteiger partial charge in [-0.2, -0.15) is 0 Å². The lowest BCUT2D eigenvalue weighted by Gasteiger charge is -2.38. The number of halogens is 1. The molecule has 0 saturated carbocycles. The standard InChI is InChI=1S/C23H30FN7O3/c1-16(15-32)11-26-17-2-3-20(18(24)10-17)29-6-8-30(9-7-29)22(33)13-27-23(34)19-14-31-5-4-25-12-21(31)28-19/h4-5,12,14,16,32H,2-3,6-11,13,15H2,1H3,(H,27,34). The lowest BCUT2D eigenvalue weighted by Crippen LogP contribution is -2.51. The summed E-state index contributed by atoms with van der Waals surface area (Å²) in [5.41, 5.74) is 2.32. The molecule has 2 N–H and O–H groups in total. The minimum Gasteiger partial charge on any atom is -0.396 e. The van der Waals surface area contributed by atoms with Crippen LogP contribution in [0.4, 0.5) is 4.39 Å². The van der Waals surface area contributed by atoms with Gasteiger partial charge in [0.2, 0.25) is 5.91 Å². The van der Waals surface area contributed by atoms with Crippen LogP contribution in [0, 0.1) is 5.92 Å². The van der Waals surface area contributed by atoms with Crippen LogP contribution < -0.4 is 5.32 Å². The fraction of sp³-hybridized carbons (Fsp3) is 0.522. The Kier molecular flexibility index (Phi) is 7.51. The molecule has 4 rings (SSSR count). The van der Waals surface area contributed by atoms with Gasteiger partial charge in [-0.3, -0.25) is 19.6 Å². The average molecular weight is 472 g/mol. The molecule has 34 heavy (non-hydrogen) atoms. The Hall–Kier alpha value is -3.34. The van der Waals surface area contributed by atoms with Crippen LogP contribution in [-0.4, -0.2) is 92.7 Å². The monoisotopic (exact) mass is 471 g/mol. The summed E-state index contributed by atoms with van der Waals surface area (Å²) < 4.78 is 16.4. The molecule has 0 bridgehead atoms. The molecule has 1 aliphatic heterocycles. The van der Waals surface area contributed by atoms with Crippen molar-refractivity contribution in [2.75, 3.05) is 45.9 Å². The molecule has 1 saturated heterocycles. The highest BCUT2D eigenvalue weighted by atomic mass is 19.1. The Labute approximate surface area is 197 Å². The number of aromatic nitrogens is 3. The molecule has 2 aliphatic rings. The molecule has 1 aliphatic carbocycles. The molecule has 10 nitrogen and oxygen atoms in total. The van der Waals surface area contributed by atoms with Crippen LogP contribution in [0.3, 0.4) is 0 Å². The summed E-state index contributed by atoms with van der Waals surface area (Å²) in [6, 6.07) is 0. The highest BCUT2D eigenvalue weighted by Crippen LogP contribution is 2.28. The fourth-order valence-electron chi connectivity index (χ4n) is 4.11. The van der Waals surface area contributed by atoms with E-state index in [1.165, 1.54) is 0 Å². The minimum atomic E-state index is -0.420. The summed E-state index contributed by atoms with van der Waals surface area (Å²) in [5, 5.41) is 11.7. The van der Waals surface area contributed by atoms with Crippen molar-refractivity contribution < 1.29 is 19.1 Å². The summed E-state index contributed by atoms with van der Waals surface area (Å²) in [7, 11) is 0. The number of aliphatic imine (C=N–C) groups is 1. The third-order valence-corrected chi connectivity index (χ3v) is 6.17. The number of rotatable bonds is 7. The number of allylic oxidation sites excluding steroid dienone is 2. The molecule has 1 unspecified atom stereocenters. The van der Waals surface area contributed by atoms with Crippen LogP contribution in [-0.2, 0) is 4.79 Å². The Morgan fingerprint density at radius 2 is 2.06 bits per heavy atom. The summed E-state index contributed by atoms with van der Waals surface area (Å²) in [6.45, 7) is 4.43. The van der Waals surface area contributed by atoms with Gasteiger partial charge in [-0.25, -0.2) is 9.37 Å². The zero-order valence-electron chi connectivity index (χ0n) is 19.3. The smallest absolute Gasteiger partial charge is 0.271 e. The maximum Gasteiger partial charge on any atom is 0.271 e. The minimum absolute atomic E-state index is 0.0747. The lowest BCUT2D eigenvalue weighted by atomic mass is 9.99. The normalized spacial score (nSPS) is 19.1. The fourth-order valence-corrected chi connectivity index (χ4v) is 4.11. The molecular formula is C23H30FN7O3. The number of nitrogens with one attached hydrogen (secondary N) is 1. The van der Waals surface area contributed by atoms with Crippen molar-refractivity contribution in [3.8, 4) is 0 Å². The van der Waals surface area contributed by atoms with Gasteiger partial charge in [-0.05, 0) is 18.8 Å². The van der Waals surface area contributed by atoms with Crippen molar-refractivity contribution in [3.63, 3.8) is 0 Å². The molecule has 2 aromatic rings. The van der Waals surface area contributed by atoms with E-state index >= 15 is 0 Å². The Morgan fingerprint density at radius 1 is 1.26 bits per heavy atom. The molecular weight excluding hydrogens is 441 g/mol. The highest BCUT2D eigenvalue weighted by Gasteiger charge is 2.27. The van der Waals surface area contributed by atoms with Crippen LogP contribution >= 0.6 is 0 Å². The largest absolute Gasteiger partial charge is 0.396 e. The van der Waals surface area contributed by atoms with E-state index in [-0.39, 0.29) is 42.9 Å². The van der Waals surface area contributed by atoms with Gasteiger partial charge in [-0.15, -0.1) is 0 Å². The first-order valence-corrected chi connectivity index (χ1v) is 11.5. The van der Waals surface area contributed by atoms with Crippen LogP contribution in [0.1, 0.15) is 36.7 Å². The number of amides is 2. The second-order valence-electron chi connectivity index (χ2n) is 8.74. The molecule has 11 heteroatoms. The number of nitrogens with zero attached hydrogens (tertiary/aromatic N) is 6. The van der Waals surface area contributed by atoms with Crippen molar-refractivity contribution in [2.45, 2.75) is 26.2 Å². The molecule has 182 valence electrons. The molecule has 3 heterocycles. The topological polar surface area (TPSA) is 115 Å². The van der Waals surface area contributed by atoms with Crippen LogP contribution in [0.5, 0.6) is 0 Å². The second-order valence-corrected chi connectivity index (χ2v) is 8.74. The number of aliphatic hydroxyl groups excluding tert-OH is 1. The maximum atomic E-state index is 14.8. The predicted octanol–water partition coefficient (Wildman–Crippen LogP) is 1.04. The molecule has 0 aromatic carbocycles. The van der Waals surface area contributed by atoms with E-state index in [2.05, 4.69) is 20.3 Å². The number of carbonyl (C=O) groups is 2. The third kappa shape index (κ3) is 5.58. The number of carbonyl (C=O) groups excluding carboxylic acids is 2. The molecule has 2 amide bonds. The summed E-state index contributed by atoms with van der Waals surface area (Å²) in [5.74, 6) is -0.677. The Morgan fingerprint density at radius 3 is 2.76 bits per heavy atom. The first-order valence-electron chi connectivity index (χ1n) is 11.5. The number of piperazine rings is 1. The van der Waals surface area contributed by atoms with Gasteiger partial charge in [-0.1, -0.05) is 6.92 Å². The average Bonchev–Trinajstić information content (AvgIpc) is 3.30. The van der Waals surface area contributed by atoms with E-state index in [4.69, 9.17) is 5.11 Å². The van der Waals surface area contributed by atoms with E-state index in [0.29, 0.717) is 56.9 Å². The van der Waals surface area contributed by atoms with Crippen molar-refractivity contribution in [3.05, 3.63) is 42.0 Å². The quantitative estimate of drug-likeness (QED) is 0.624. The summed E-state index contributed by atoms with van der Waals surface area (Å²) >= 11 is 0. The van der Waals surface area contributed by atoms with Gasteiger partial charge in [0.1, 0.15) is 11.5 Å². The molecule has 2 aromatic heterocycles. The molecule has 1 atom stereocenters. The number of imidazole rings is 1. The van der Waals surface area contributed by atoms with Crippen molar-refractivity contribution in [1.29, 1.82) is 0 Å². The van der Waals surface area contributed by atoms with Crippen LogP contribution in [0.15, 0.2) is 41.3 Å². The van der Waals surface area contributed by atoms with Gasteiger partial charge >= 0.3 is 0 Å². The lowest BCUT2D eigenvalue weighted by molar-refractivity contribution is -0.131. The van der Waals surface area contributed by atoms with E-state index in [1.807, 2.05) is 11.8 Å². The van der Waals surface area contributed by atoms with Gasteiger partial charge in [0.15, 0.2) is 5.65 Å². The first-order chi connectivity index (χ1) is 16.4. The van der Waals surface area contributed by atoms with E-state index in [1.54, 1.807) is 34.1 Å². The van der Waals surface area contributed by atoms with Gasteiger partial charge in [0.25, 0.3) is 5.91 Å². The first kappa shape index (κ1) is 23.8. The predicted molar refractivity (Wildman–Crippen MR) is 124 cm³/mol. The number of aliphatic hydroxyl groups is 1. The zero-order chi connectivity index (χ0) is 24.1.